The molecule has 1 aliphatic heterocycles. The first-order valence-electron chi connectivity index (χ1n) is 9.72. The maximum Gasteiger partial charge on any atom is 0.412 e. The van der Waals surface area contributed by atoms with Gasteiger partial charge in [0.15, 0.2) is 12.3 Å². The molecule has 2 aromatic rings. The van der Waals surface area contributed by atoms with Crippen molar-refractivity contribution in [1.29, 1.82) is 0 Å². The quantitative estimate of drug-likeness (QED) is 0.400. The van der Waals surface area contributed by atoms with Crippen LogP contribution in [-0.2, 0) is 19.0 Å². The van der Waals surface area contributed by atoms with E-state index in [1.54, 1.807) is 42.5 Å². The van der Waals surface area contributed by atoms with Gasteiger partial charge in [-0.25, -0.2) is 9.59 Å². The van der Waals surface area contributed by atoms with Gasteiger partial charge in [0.25, 0.3) is 0 Å². The molecule has 3 rings (SSSR count). The topological polar surface area (TPSA) is 83.5 Å². The normalized spacial score (nSPS) is 20.3. The summed E-state index contributed by atoms with van der Waals surface area (Å²) in [5, 5.41) is 0. The fraction of sp³-hybridized carbons (Fsp3) is 0.364. The smallest absolute Gasteiger partial charge is 0.412 e. The first-order valence-corrected chi connectivity index (χ1v) is 10.9. The Kier molecular flexibility index (Phi) is 8.18. The predicted octanol–water partition coefficient (Wildman–Crippen LogP) is 4.82. The average molecular weight is 519 g/mol. The number of benzene rings is 2. The van der Waals surface area contributed by atoms with Crippen LogP contribution in [0.3, 0.4) is 0 Å². The number of hydrogen-bond donors (Lipinski definition) is 0. The lowest BCUT2D eigenvalue weighted by Crippen LogP contribution is -2.38. The van der Waals surface area contributed by atoms with Crippen molar-refractivity contribution in [2.24, 2.45) is 0 Å². The lowest BCUT2D eigenvalue weighted by Gasteiger charge is -2.29. The van der Waals surface area contributed by atoms with Crippen LogP contribution in [0.5, 0.6) is 11.5 Å². The Morgan fingerprint density at radius 2 is 1.73 bits per heavy atom. The molecule has 1 heterocycles. The molecule has 178 valence electrons. The highest BCUT2D eigenvalue weighted by molar-refractivity contribution is 6.67. The Bertz CT molecular complexity index is 984. The standard InChI is InChI=1S/C22H22Cl3NO7/c1-29-14-9-10-15(16(11-14)30-2)19-26(21(28)32-12-22(23,24)25)17(13-7-5-4-6-8-13)18(33-19)20(27)31-3/h4-11,17-19H,12H2,1-3H3. The maximum absolute atomic E-state index is 13.3. The van der Waals surface area contributed by atoms with Gasteiger partial charge in [-0.15, -0.1) is 0 Å². The lowest BCUT2D eigenvalue weighted by molar-refractivity contribution is -0.154. The monoisotopic (exact) mass is 517 g/mol. The van der Waals surface area contributed by atoms with Gasteiger partial charge in [-0.1, -0.05) is 65.1 Å². The van der Waals surface area contributed by atoms with Gasteiger partial charge in [0.05, 0.1) is 21.3 Å². The van der Waals surface area contributed by atoms with E-state index in [1.165, 1.54) is 26.2 Å². The molecule has 0 bridgehead atoms. The summed E-state index contributed by atoms with van der Waals surface area (Å²) in [6.07, 6.45) is -3.10. The van der Waals surface area contributed by atoms with Crippen LogP contribution in [0.4, 0.5) is 4.79 Å². The van der Waals surface area contributed by atoms with Crippen LogP contribution < -0.4 is 9.47 Å². The molecule has 33 heavy (non-hydrogen) atoms. The molecular formula is C22H22Cl3NO7. The molecule has 1 amide bonds. The van der Waals surface area contributed by atoms with E-state index in [0.717, 1.165) is 0 Å². The first kappa shape index (κ1) is 25.2. The molecule has 0 aliphatic carbocycles. The highest BCUT2D eigenvalue weighted by atomic mass is 35.6. The number of nitrogens with zero attached hydrogens (tertiary/aromatic N) is 1. The number of ether oxygens (including phenoxy) is 5. The number of esters is 1. The molecule has 3 unspecified atom stereocenters. The van der Waals surface area contributed by atoms with E-state index < -0.39 is 40.8 Å². The molecule has 11 heteroatoms. The molecule has 2 aromatic carbocycles. The van der Waals surface area contributed by atoms with Crippen LogP contribution in [0.1, 0.15) is 23.4 Å². The zero-order valence-electron chi connectivity index (χ0n) is 18.0. The molecule has 1 aliphatic rings. The van der Waals surface area contributed by atoms with Crippen LogP contribution in [0.15, 0.2) is 48.5 Å². The van der Waals surface area contributed by atoms with Gasteiger partial charge in [-0.3, -0.25) is 4.90 Å². The highest BCUT2D eigenvalue weighted by Gasteiger charge is 2.52. The van der Waals surface area contributed by atoms with Crippen molar-refractivity contribution < 1.29 is 33.3 Å². The van der Waals surface area contributed by atoms with Gasteiger partial charge >= 0.3 is 12.1 Å². The van der Waals surface area contributed by atoms with Crippen molar-refractivity contribution in [2.45, 2.75) is 22.2 Å². The summed E-state index contributed by atoms with van der Waals surface area (Å²) in [5.41, 5.74) is 1.07. The number of methoxy groups -OCH3 is 3. The van der Waals surface area contributed by atoms with E-state index in [1.807, 2.05) is 6.07 Å². The second-order valence-corrected chi connectivity index (χ2v) is 9.49. The molecule has 0 aromatic heterocycles. The van der Waals surface area contributed by atoms with Gasteiger partial charge in [0.2, 0.25) is 3.79 Å². The number of rotatable bonds is 6. The Labute approximate surface area is 206 Å². The van der Waals surface area contributed by atoms with Crippen molar-refractivity contribution >= 4 is 46.9 Å². The second-order valence-electron chi connectivity index (χ2n) is 6.97. The van der Waals surface area contributed by atoms with E-state index in [-0.39, 0.29) is 0 Å². The van der Waals surface area contributed by atoms with E-state index in [4.69, 9.17) is 58.5 Å². The molecule has 1 saturated heterocycles. The Morgan fingerprint density at radius 1 is 1.03 bits per heavy atom. The van der Waals surface area contributed by atoms with E-state index >= 15 is 0 Å². The van der Waals surface area contributed by atoms with Gasteiger partial charge in [0, 0.05) is 11.6 Å². The van der Waals surface area contributed by atoms with Crippen molar-refractivity contribution in [3.05, 3.63) is 59.7 Å². The number of carbonyl (C=O) groups excluding carboxylic acids is 2. The largest absolute Gasteiger partial charge is 0.497 e. The third-order valence-corrected chi connectivity index (χ3v) is 5.29. The minimum atomic E-state index is -1.83. The number of halogens is 3. The number of hydrogen-bond acceptors (Lipinski definition) is 7. The predicted molar refractivity (Wildman–Crippen MR) is 122 cm³/mol. The van der Waals surface area contributed by atoms with Gasteiger partial charge in [-0.05, 0) is 17.7 Å². The third kappa shape index (κ3) is 5.76. The van der Waals surface area contributed by atoms with Crippen molar-refractivity contribution in [2.75, 3.05) is 27.9 Å². The molecular weight excluding hydrogens is 497 g/mol. The number of carbonyl (C=O) groups is 2. The van der Waals surface area contributed by atoms with Gasteiger partial charge < -0.3 is 23.7 Å². The van der Waals surface area contributed by atoms with Gasteiger partial charge in [-0.2, -0.15) is 0 Å². The summed E-state index contributed by atoms with van der Waals surface area (Å²) < 4.78 is 25.2. The minimum absolute atomic E-state index is 0.371. The zero-order chi connectivity index (χ0) is 24.2. The maximum atomic E-state index is 13.3. The Hall–Kier alpha value is -2.39. The van der Waals surface area contributed by atoms with Crippen LogP contribution in [0, 0.1) is 0 Å². The summed E-state index contributed by atoms with van der Waals surface area (Å²) in [5.74, 6) is 0.233. The zero-order valence-corrected chi connectivity index (χ0v) is 20.3. The Balaban J connectivity index is 2.12. The molecule has 3 atom stereocenters. The summed E-state index contributed by atoms with van der Waals surface area (Å²) in [6.45, 7) is -0.510. The van der Waals surface area contributed by atoms with Crippen molar-refractivity contribution in [3.8, 4) is 11.5 Å². The number of alkyl halides is 3. The third-order valence-electron chi connectivity index (χ3n) is 4.97. The molecule has 0 N–H and O–H groups in total. The lowest BCUT2D eigenvalue weighted by atomic mass is 10.0. The highest BCUT2D eigenvalue weighted by Crippen LogP contribution is 2.47. The molecule has 0 radical (unpaired) electrons. The van der Waals surface area contributed by atoms with Crippen LogP contribution in [-0.4, -0.2) is 54.8 Å². The summed E-state index contributed by atoms with van der Waals surface area (Å²) in [4.78, 5) is 27.2. The molecule has 8 nitrogen and oxygen atoms in total. The van der Waals surface area contributed by atoms with Crippen LogP contribution in [0.2, 0.25) is 0 Å². The fourth-order valence-corrected chi connectivity index (χ4v) is 3.69. The molecule has 0 spiro atoms. The SMILES string of the molecule is COC(=O)C1OC(c2ccc(OC)cc2OC)N(C(=O)OCC(Cl)(Cl)Cl)C1c1ccccc1. The Morgan fingerprint density at radius 3 is 2.30 bits per heavy atom. The molecule has 1 fully saturated rings. The summed E-state index contributed by atoms with van der Waals surface area (Å²) in [7, 11) is 4.21. The van der Waals surface area contributed by atoms with Crippen molar-refractivity contribution in [3.63, 3.8) is 0 Å². The van der Waals surface area contributed by atoms with Crippen molar-refractivity contribution in [1.82, 2.24) is 4.90 Å². The summed E-state index contributed by atoms with van der Waals surface area (Å²) >= 11 is 17.3. The van der Waals surface area contributed by atoms with Crippen LogP contribution in [0.25, 0.3) is 0 Å². The number of amides is 1. The van der Waals surface area contributed by atoms with E-state index in [2.05, 4.69) is 0 Å². The van der Waals surface area contributed by atoms with Gasteiger partial charge in [0.1, 0.15) is 24.1 Å². The first-order chi connectivity index (χ1) is 15.7. The molecule has 0 saturated carbocycles. The fourth-order valence-electron chi connectivity index (χ4n) is 3.53. The van der Waals surface area contributed by atoms with Crippen LogP contribution >= 0.6 is 34.8 Å². The second kappa shape index (κ2) is 10.7. The minimum Gasteiger partial charge on any atom is -0.497 e. The summed E-state index contributed by atoms with van der Waals surface area (Å²) in [6, 6.07) is 13.0. The average Bonchev–Trinajstić information content (AvgIpc) is 3.22. The van der Waals surface area contributed by atoms with E-state index in [9.17, 15) is 9.59 Å². The van der Waals surface area contributed by atoms with E-state index in [0.29, 0.717) is 22.6 Å².